The average molecular weight is 755 g/mol. The van der Waals surface area contributed by atoms with Gasteiger partial charge in [0, 0.05) is 79.3 Å². The number of nitrogens with zero attached hydrogens (tertiary/aromatic N) is 3. The molecule has 0 spiro atoms. The Hall–Kier alpha value is -4.81. The Morgan fingerprint density at radius 1 is 0.782 bits per heavy atom. The molecule has 294 valence electrons. The number of ether oxygens (including phenoxy) is 4. The van der Waals surface area contributed by atoms with Gasteiger partial charge in [-0.2, -0.15) is 0 Å². The van der Waals surface area contributed by atoms with Crippen LogP contribution in [-0.2, 0) is 25.4 Å². The first kappa shape index (κ1) is 41.4. The van der Waals surface area contributed by atoms with E-state index in [2.05, 4.69) is 72.7 Å². The molecule has 55 heavy (non-hydrogen) atoms. The highest BCUT2D eigenvalue weighted by Gasteiger charge is 2.22. The SMILES string of the molecule is CCC(CC)c1ccc(-c2c3ccc(=[N+](CCOCCOC)CCOCCOC)cc-3oc3cc(N(CC)CCc4ccc([N+](=O)[O-])cc4)ccc23)c(O)c1. The molecule has 0 radical (unpaired) electrons. The zero-order valence-corrected chi connectivity index (χ0v) is 32.9. The number of likely N-dealkylation sites (N-methyl/N-ethyl adjacent to an activating group) is 1. The maximum absolute atomic E-state index is 11.6. The fourth-order valence-electron chi connectivity index (χ4n) is 7.05. The Labute approximate surface area is 324 Å². The Bertz CT molecular complexity index is 2010. The number of methoxy groups -OCH3 is 2. The van der Waals surface area contributed by atoms with Crippen LogP contribution in [0.1, 0.15) is 50.7 Å². The van der Waals surface area contributed by atoms with E-state index in [1.807, 2.05) is 24.3 Å². The molecule has 0 atom stereocenters. The van der Waals surface area contributed by atoms with Crippen molar-refractivity contribution in [3.8, 4) is 28.2 Å². The van der Waals surface area contributed by atoms with Gasteiger partial charge in [-0.05, 0) is 67.5 Å². The van der Waals surface area contributed by atoms with Crippen molar-refractivity contribution in [3.63, 3.8) is 0 Å². The second-order valence-corrected chi connectivity index (χ2v) is 13.6. The highest BCUT2D eigenvalue weighted by molar-refractivity contribution is 6.03. The van der Waals surface area contributed by atoms with E-state index in [4.69, 9.17) is 23.4 Å². The number of nitro groups is 1. The van der Waals surface area contributed by atoms with Gasteiger partial charge < -0.3 is 33.4 Å². The number of fused-ring (bicyclic) bond motifs is 2. The van der Waals surface area contributed by atoms with Gasteiger partial charge in [0.25, 0.3) is 5.69 Å². The molecule has 11 heteroatoms. The first-order chi connectivity index (χ1) is 26.8. The molecule has 0 aromatic heterocycles. The Morgan fingerprint density at radius 2 is 1.45 bits per heavy atom. The van der Waals surface area contributed by atoms with Gasteiger partial charge in [0.05, 0.1) is 37.4 Å². The summed E-state index contributed by atoms with van der Waals surface area (Å²) < 4.78 is 31.0. The van der Waals surface area contributed by atoms with Gasteiger partial charge in [-0.25, -0.2) is 4.58 Å². The van der Waals surface area contributed by atoms with Gasteiger partial charge in [0.15, 0.2) is 13.1 Å². The van der Waals surface area contributed by atoms with Crippen molar-refractivity contribution >= 4 is 22.3 Å². The molecule has 0 bridgehead atoms. The third-order valence-electron chi connectivity index (χ3n) is 10.2. The maximum Gasteiger partial charge on any atom is 0.269 e. The summed E-state index contributed by atoms with van der Waals surface area (Å²) in [6.45, 7) is 12.4. The molecule has 3 aromatic rings. The molecule has 0 saturated heterocycles. The number of phenolic OH excluding ortho intramolecular Hbond substituents is 1. The van der Waals surface area contributed by atoms with Gasteiger partial charge >= 0.3 is 0 Å². The molecular formula is C44H56N3O8+. The minimum absolute atomic E-state index is 0.0867. The van der Waals surface area contributed by atoms with E-state index in [9.17, 15) is 15.2 Å². The molecule has 0 unspecified atom stereocenters. The minimum atomic E-state index is -0.377. The molecule has 0 amide bonds. The summed E-state index contributed by atoms with van der Waals surface area (Å²) in [7, 11) is 3.32. The second-order valence-electron chi connectivity index (χ2n) is 13.6. The van der Waals surface area contributed by atoms with E-state index < -0.39 is 0 Å². The molecule has 0 saturated carbocycles. The second kappa shape index (κ2) is 20.8. The van der Waals surface area contributed by atoms with Crippen LogP contribution in [0.4, 0.5) is 11.4 Å². The van der Waals surface area contributed by atoms with Crippen molar-refractivity contribution in [3.05, 3.63) is 105 Å². The van der Waals surface area contributed by atoms with E-state index in [0.717, 1.165) is 76.6 Å². The number of non-ortho nitro benzene ring substituents is 1. The van der Waals surface area contributed by atoms with Crippen molar-refractivity contribution in [1.82, 2.24) is 4.58 Å². The van der Waals surface area contributed by atoms with Crippen LogP contribution >= 0.6 is 0 Å². The Morgan fingerprint density at radius 3 is 2.05 bits per heavy atom. The Kier molecular flexibility index (Phi) is 15.6. The maximum atomic E-state index is 11.6. The first-order valence-electron chi connectivity index (χ1n) is 19.3. The normalized spacial score (nSPS) is 11.5. The highest BCUT2D eigenvalue weighted by Crippen LogP contribution is 2.44. The number of nitro benzene ring substituents is 1. The number of phenols is 1. The van der Waals surface area contributed by atoms with Crippen LogP contribution in [0.3, 0.4) is 0 Å². The molecule has 5 rings (SSSR count). The molecule has 2 aliphatic rings. The summed E-state index contributed by atoms with van der Waals surface area (Å²) in [6, 6.07) is 25.4. The zero-order valence-electron chi connectivity index (χ0n) is 32.9. The van der Waals surface area contributed by atoms with Crippen molar-refractivity contribution in [1.29, 1.82) is 0 Å². The average Bonchev–Trinajstić information content (AvgIpc) is 3.20. The lowest BCUT2D eigenvalue weighted by molar-refractivity contribution is -0.384. The van der Waals surface area contributed by atoms with Crippen LogP contribution in [0.2, 0.25) is 0 Å². The van der Waals surface area contributed by atoms with Crippen molar-refractivity contribution in [2.24, 2.45) is 0 Å². The fourth-order valence-corrected chi connectivity index (χ4v) is 7.05. The third kappa shape index (κ3) is 10.7. The largest absolute Gasteiger partial charge is 0.507 e. The van der Waals surface area contributed by atoms with Crippen LogP contribution in [-0.4, -0.2) is 90.1 Å². The molecule has 1 aliphatic heterocycles. The van der Waals surface area contributed by atoms with E-state index in [1.165, 1.54) is 0 Å². The van der Waals surface area contributed by atoms with E-state index >= 15 is 0 Å². The van der Waals surface area contributed by atoms with Gasteiger partial charge in [0.1, 0.15) is 30.3 Å². The van der Waals surface area contributed by atoms with Crippen molar-refractivity contribution in [2.75, 3.05) is 84.9 Å². The highest BCUT2D eigenvalue weighted by atomic mass is 16.6. The van der Waals surface area contributed by atoms with Crippen LogP contribution in [0.25, 0.3) is 33.4 Å². The number of hydrogen-bond donors (Lipinski definition) is 1. The lowest BCUT2D eigenvalue weighted by Gasteiger charge is -2.24. The third-order valence-corrected chi connectivity index (χ3v) is 10.2. The molecule has 3 aromatic carbocycles. The van der Waals surface area contributed by atoms with E-state index in [0.29, 0.717) is 70.0 Å². The monoisotopic (exact) mass is 754 g/mol. The molecule has 1 aliphatic carbocycles. The number of rotatable bonds is 22. The molecule has 11 nitrogen and oxygen atoms in total. The van der Waals surface area contributed by atoms with Crippen molar-refractivity contribution < 1.29 is 33.4 Å². The topological polar surface area (TPSA) is 120 Å². The number of hydrogen-bond acceptors (Lipinski definition) is 9. The summed E-state index contributed by atoms with van der Waals surface area (Å²) in [5, 5.41) is 24.7. The van der Waals surface area contributed by atoms with Gasteiger partial charge in [0.2, 0.25) is 5.36 Å². The van der Waals surface area contributed by atoms with E-state index in [1.54, 1.807) is 26.4 Å². The first-order valence-corrected chi connectivity index (χ1v) is 19.3. The van der Waals surface area contributed by atoms with Crippen molar-refractivity contribution in [2.45, 2.75) is 46.0 Å². The predicted molar refractivity (Wildman–Crippen MR) is 218 cm³/mol. The minimum Gasteiger partial charge on any atom is -0.507 e. The Balaban J connectivity index is 1.60. The number of aromatic hydroxyl groups is 1. The summed E-state index contributed by atoms with van der Waals surface area (Å²) in [4.78, 5) is 13.0. The summed E-state index contributed by atoms with van der Waals surface area (Å²) >= 11 is 0. The van der Waals surface area contributed by atoms with Crippen LogP contribution < -0.4 is 14.8 Å². The summed E-state index contributed by atoms with van der Waals surface area (Å²) in [5.74, 6) is 1.31. The van der Waals surface area contributed by atoms with Gasteiger partial charge in [-0.3, -0.25) is 10.1 Å². The van der Waals surface area contributed by atoms with Gasteiger partial charge in [-0.15, -0.1) is 0 Å². The standard InChI is InChI=1S/C44H55N3O8/c1-6-33(7-2)34-11-16-38(41(48)29-34)44-39-17-14-36(45(8-3)20-19-32-9-12-35(13-10-32)47(49)50)30-42(39)55-43-31-37(15-18-40(43)44)46(21-23-53-27-25-51-4)22-24-54-28-26-52-5/h9-18,29-31,33H,6-8,19-28H2,1-5H3/p+1. The van der Waals surface area contributed by atoms with Crippen LogP contribution in [0.15, 0.2) is 83.3 Å². The summed E-state index contributed by atoms with van der Waals surface area (Å²) in [6.07, 6.45) is 2.73. The smallest absolute Gasteiger partial charge is 0.269 e. The van der Waals surface area contributed by atoms with Gasteiger partial charge in [-0.1, -0.05) is 38.1 Å². The molecule has 1 N–H and O–H groups in total. The fraction of sp³-hybridized carbons (Fsp3) is 0.432. The molecular weight excluding hydrogens is 698 g/mol. The number of anilines is 1. The predicted octanol–water partition coefficient (Wildman–Crippen LogP) is 7.89. The van der Waals surface area contributed by atoms with Crippen LogP contribution in [0.5, 0.6) is 5.75 Å². The lowest BCUT2D eigenvalue weighted by Crippen LogP contribution is -2.36. The quantitative estimate of drug-likeness (QED) is 0.0247. The van der Waals surface area contributed by atoms with Crippen LogP contribution in [0, 0.1) is 10.1 Å². The summed E-state index contributed by atoms with van der Waals surface area (Å²) in [5.41, 5.74) is 6.50. The van der Waals surface area contributed by atoms with E-state index in [-0.39, 0.29) is 16.4 Å². The lowest BCUT2D eigenvalue weighted by atomic mass is 9.89. The molecule has 0 fully saturated rings. The number of benzene rings is 4. The molecule has 1 heterocycles. The zero-order chi connectivity index (χ0) is 39.2.